The number of hydrogen-bond donors (Lipinski definition) is 1. The highest BCUT2D eigenvalue weighted by Gasteiger charge is 2.27. The Labute approximate surface area is 93.6 Å². The van der Waals surface area contributed by atoms with Crippen LogP contribution in [0.15, 0.2) is 40.1 Å². The summed E-state index contributed by atoms with van der Waals surface area (Å²) in [4.78, 5) is 15.7. The van der Waals surface area contributed by atoms with Gasteiger partial charge in [-0.2, -0.15) is 0 Å². The largest absolute Gasteiger partial charge is 0.507 e. The van der Waals surface area contributed by atoms with Gasteiger partial charge in [-0.1, -0.05) is 18.2 Å². The molecular formula is C12H13NO3. The Balaban J connectivity index is 2.32. The fourth-order valence-corrected chi connectivity index (χ4v) is 1.73. The highest BCUT2D eigenvalue weighted by molar-refractivity contribution is 6.11. The predicted octanol–water partition coefficient (Wildman–Crippen LogP) is 1.70. The number of rotatable bonds is 2. The van der Waals surface area contributed by atoms with Crippen molar-refractivity contribution in [3.8, 4) is 0 Å². The van der Waals surface area contributed by atoms with Crippen LogP contribution < -0.4 is 0 Å². The lowest BCUT2D eigenvalue weighted by Crippen LogP contribution is -2.22. The van der Waals surface area contributed by atoms with E-state index in [0.29, 0.717) is 5.57 Å². The van der Waals surface area contributed by atoms with Gasteiger partial charge in [0.25, 0.3) is 0 Å². The van der Waals surface area contributed by atoms with Gasteiger partial charge >= 0.3 is 5.97 Å². The standard InChI is InChI=1S/C12H13NO3/c1-2-16-12(15)9-7-13-10-6-4-3-5-8(10)11(9)14/h3-5,7,10,14H,2,6H2,1H3. The number of aliphatic imine (C=N–C) groups is 1. The second-order valence-corrected chi connectivity index (χ2v) is 3.56. The Kier molecular flexibility index (Phi) is 2.90. The molecule has 0 aromatic rings. The molecule has 0 radical (unpaired) electrons. The Hall–Kier alpha value is -1.84. The number of hydrogen-bond acceptors (Lipinski definition) is 4. The van der Waals surface area contributed by atoms with Gasteiger partial charge in [0.15, 0.2) is 0 Å². The van der Waals surface area contributed by atoms with E-state index in [0.717, 1.165) is 6.42 Å². The van der Waals surface area contributed by atoms with Gasteiger partial charge in [-0.25, -0.2) is 4.79 Å². The molecule has 2 aliphatic rings. The Bertz CT molecular complexity index is 430. The topological polar surface area (TPSA) is 58.9 Å². The number of aliphatic hydroxyl groups is 1. The van der Waals surface area contributed by atoms with Crippen LogP contribution in [0.5, 0.6) is 0 Å². The van der Waals surface area contributed by atoms with E-state index in [2.05, 4.69) is 4.99 Å². The van der Waals surface area contributed by atoms with Gasteiger partial charge in [-0.05, 0) is 13.3 Å². The summed E-state index contributed by atoms with van der Waals surface area (Å²) in [6, 6.07) is -0.0665. The number of nitrogens with zero attached hydrogens (tertiary/aromatic N) is 1. The molecule has 0 saturated carbocycles. The zero-order chi connectivity index (χ0) is 11.5. The second-order valence-electron chi connectivity index (χ2n) is 3.56. The lowest BCUT2D eigenvalue weighted by Gasteiger charge is -2.22. The van der Waals surface area contributed by atoms with Crippen molar-refractivity contribution in [3.63, 3.8) is 0 Å². The molecule has 0 aromatic carbocycles. The number of esters is 1. The summed E-state index contributed by atoms with van der Waals surface area (Å²) in [6.07, 6.45) is 7.76. The van der Waals surface area contributed by atoms with Crippen LogP contribution in [0, 0.1) is 0 Å². The van der Waals surface area contributed by atoms with Gasteiger partial charge in [0.2, 0.25) is 0 Å². The van der Waals surface area contributed by atoms with Crippen LogP contribution in [0.1, 0.15) is 13.3 Å². The maximum atomic E-state index is 11.5. The minimum absolute atomic E-state index is 0.0113. The summed E-state index contributed by atoms with van der Waals surface area (Å²) >= 11 is 0. The summed E-state index contributed by atoms with van der Waals surface area (Å²) in [5, 5.41) is 9.95. The molecule has 4 nitrogen and oxygen atoms in total. The maximum absolute atomic E-state index is 11.5. The fraction of sp³-hybridized carbons (Fsp3) is 0.333. The molecule has 1 heterocycles. The van der Waals surface area contributed by atoms with Crippen LogP contribution in [-0.4, -0.2) is 29.9 Å². The third kappa shape index (κ3) is 1.78. The minimum Gasteiger partial charge on any atom is -0.507 e. The Morgan fingerprint density at radius 1 is 1.69 bits per heavy atom. The van der Waals surface area contributed by atoms with Gasteiger partial charge in [0, 0.05) is 11.8 Å². The molecule has 4 heteroatoms. The van der Waals surface area contributed by atoms with E-state index in [9.17, 15) is 9.90 Å². The fourth-order valence-electron chi connectivity index (χ4n) is 1.73. The molecule has 0 saturated heterocycles. The highest BCUT2D eigenvalue weighted by Crippen LogP contribution is 2.27. The number of aliphatic hydroxyl groups excluding tert-OH is 1. The van der Waals surface area contributed by atoms with Crippen LogP contribution in [0.3, 0.4) is 0 Å². The first kappa shape index (κ1) is 10.7. The lowest BCUT2D eigenvalue weighted by molar-refractivity contribution is -0.138. The summed E-state index contributed by atoms with van der Waals surface area (Å²) < 4.78 is 4.84. The molecule has 2 rings (SSSR count). The summed E-state index contributed by atoms with van der Waals surface area (Å²) in [6.45, 7) is 2.01. The molecule has 1 aliphatic heterocycles. The van der Waals surface area contributed by atoms with E-state index >= 15 is 0 Å². The van der Waals surface area contributed by atoms with Crippen molar-refractivity contribution in [1.82, 2.24) is 0 Å². The van der Waals surface area contributed by atoms with E-state index in [1.807, 2.05) is 12.2 Å². The maximum Gasteiger partial charge on any atom is 0.343 e. The number of dihydropyridines is 1. The van der Waals surface area contributed by atoms with Crippen molar-refractivity contribution in [2.45, 2.75) is 19.4 Å². The average molecular weight is 219 g/mol. The third-order valence-electron chi connectivity index (χ3n) is 2.54. The van der Waals surface area contributed by atoms with E-state index < -0.39 is 5.97 Å². The van der Waals surface area contributed by atoms with Gasteiger partial charge in [0.05, 0.1) is 12.6 Å². The number of carbonyl (C=O) groups is 1. The number of allylic oxidation sites excluding steroid dienone is 2. The van der Waals surface area contributed by atoms with Crippen LogP contribution in [-0.2, 0) is 9.53 Å². The first-order valence-corrected chi connectivity index (χ1v) is 5.24. The van der Waals surface area contributed by atoms with Gasteiger partial charge in [-0.15, -0.1) is 0 Å². The normalized spacial score (nSPS) is 22.8. The second kappa shape index (κ2) is 4.35. The SMILES string of the molecule is CCOC(=O)C1=C(O)C2=CC=CCC2N=C1. The Morgan fingerprint density at radius 3 is 3.25 bits per heavy atom. The van der Waals surface area contributed by atoms with Gasteiger partial charge < -0.3 is 9.84 Å². The monoisotopic (exact) mass is 219 g/mol. The molecular weight excluding hydrogens is 206 g/mol. The molecule has 16 heavy (non-hydrogen) atoms. The van der Waals surface area contributed by atoms with Crippen molar-refractivity contribution in [3.05, 3.63) is 35.1 Å². The zero-order valence-corrected chi connectivity index (χ0v) is 9.01. The van der Waals surface area contributed by atoms with Crippen molar-refractivity contribution in [2.75, 3.05) is 6.61 Å². The summed E-state index contributed by atoms with van der Waals surface area (Å²) in [5.74, 6) is -0.541. The molecule has 1 N–H and O–H groups in total. The molecule has 0 bridgehead atoms. The minimum atomic E-state index is -0.530. The number of ether oxygens (including phenoxy) is 1. The molecule has 84 valence electrons. The molecule has 0 spiro atoms. The Morgan fingerprint density at radius 2 is 2.50 bits per heavy atom. The van der Waals surface area contributed by atoms with Crippen molar-refractivity contribution >= 4 is 12.2 Å². The van der Waals surface area contributed by atoms with Crippen molar-refractivity contribution in [2.24, 2.45) is 4.99 Å². The molecule has 1 atom stereocenters. The highest BCUT2D eigenvalue weighted by atomic mass is 16.5. The van der Waals surface area contributed by atoms with Gasteiger partial charge in [-0.3, -0.25) is 4.99 Å². The third-order valence-corrected chi connectivity index (χ3v) is 2.54. The van der Waals surface area contributed by atoms with Crippen LogP contribution >= 0.6 is 0 Å². The molecule has 0 amide bonds. The smallest absolute Gasteiger partial charge is 0.343 e. The van der Waals surface area contributed by atoms with Crippen LogP contribution in [0.2, 0.25) is 0 Å². The zero-order valence-electron chi connectivity index (χ0n) is 9.01. The van der Waals surface area contributed by atoms with E-state index in [-0.39, 0.29) is 24.0 Å². The van der Waals surface area contributed by atoms with Crippen molar-refractivity contribution in [1.29, 1.82) is 0 Å². The molecule has 1 aliphatic carbocycles. The summed E-state index contributed by atoms with van der Waals surface area (Å²) in [5.41, 5.74) is 0.827. The molecule has 0 fully saturated rings. The van der Waals surface area contributed by atoms with Gasteiger partial charge in [0.1, 0.15) is 11.3 Å². The van der Waals surface area contributed by atoms with Crippen LogP contribution in [0.4, 0.5) is 0 Å². The quantitative estimate of drug-likeness (QED) is 0.719. The van der Waals surface area contributed by atoms with E-state index in [1.54, 1.807) is 13.0 Å². The average Bonchev–Trinajstić information content (AvgIpc) is 2.30. The number of carbonyl (C=O) groups excluding carboxylic acids is 1. The lowest BCUT2D eigenvalue weighted by atomic mass is 9.93. The predicted molar refractivity (Wildman–Crippen MR) is 60.4 cm³/mol. The summed E-state index contributed by atoms with van der Waals surface area (Å²) in [7, 11) is 0. The first-order chi connectivity index (χ1) is 7.74. The van der Waals surface area contributed by atoms with E-state index in [1.165, 1.54) is 6.21 Å². The van der Waals surface area contributed by atoms with Crippen LogP contribution in [0.25, 0.3) is 0 Å². The first-order valence-electron chi connectivity index (χ1n) is 5.24. The molecule has 1 unspecified atom stereocenters. The van der Waals surface area contributed by atoms with E-state index in [4.69, 9.17) is 4.74 Å². The number of fused-ring (bicyclic) bond motifs is 1. The molecule has 0 aromatic heterocycles. The van der Waals surface area contributed by atoms with Crippen molar-refractivity contribution < 1.29 is 14.6 Å².